The number of alkyl halides is 3. The molecule has 122 valence electrons. The van der Waals surface area contributed by atoms with E-state index in [0.717, 1.165) is 5.01 Å². The van der Waals surface area contributed by atoms with E-state index in [9.17, 15) is 26.0 Å². The van der Waals surface area contributed by atoms with Crippen molar-refractivity contribution < 1.29 is 26.0 Å². The second-order valence-corrected chi connectivity index (χ2v) is 6.29. The third kappa shape index (κ3) is 2.99. The zero-order chi connectivity index (χ0) is 16.5. The first kappa shape index (κ1) is 16.5. The summed E-state index contributed by atoms with van der Waals surface area (Å²) in [6.07, 6.45) is 0.516. The molecule has 0 saturated heterocycles. The van der Waals surface area contributed by atoms with Crippen molar-refractivity contribution in [2.75, 3.05) is 18.1 Å². The van der Waals surface area contributed by atoms with Gasteiger partial charge in [0, 0.05) is 6.54 Å². The molecule has 1 aliphatic heterocycles. The number of nitrogens with zero attached hydrogens (tertiary/aromatic N) is 3. The highest BCUT2D eigenvalue weighted by Gasteiger charge is 2.50. The van der Waals surface area contributed by atoms with Gasteiger partial charge in [-0.1, -0.05) is 6.07 Å². The van der Waals surface area contributed by atoms with E-state index in [0.29, 0.717) is 11.9 Å². The number of benzene rings is 1. The van der Waals surface area contributed by atoms with Gasteiger partial charge in [0.15, 0.2) is 0 Å². The lowest BCUT2D eigenvalue weighted by Crippen LogP contribution is -2.46. The minimum absolute atomic E-state index is 0.0255. The molecule has 6 nitrogen and oxygen atoms in total. The van der Waals surface area contributed by atoms with Crippen molar-refractivity contribution in [2.24, 2.45) is 10.8 Å². The standard InChI is InChI=1S/C11H12F4N4O2S/c12-9-5-8(6-16)1-2-10(9)19-4-3-18(7-17-19)22(20,21)11(13,14)15/h1-2,5,7H,3-4,6,16H2. The largest absolute Gasteiger partial charge is 0.516 e. The lowest BCUT2D eigenvalue weighted by atomic mass is 10.2. The Morgan fingerprint density at radius 2 is 1.95 bits per heavy atom. The van der Waals surface area contributed by atoms with Crippen LogP contribution in [0.3, 0.4) is 0 Å². The molecule has 2 rings (SSSR count). The number of sulfonamides is 1. The van der Waals surface area contributed by atoms with Crippen LogP contribution in [-0.4, -0.2) is 37.7 Å². The predicted molar refractivity (Wildman–Crippen MR) is 71.8 cm³/mol. The number of nitrogens with two attached hydrogens (primary N) is 1. The summed E-state index contributed by atoms with van der Waals surface area (Å²) in [5.41, 5.74) is 0.527. The first-order chi connectivity index (χ1) is 10.2. The highest BCUT2D eigenvalue weighted by atomic mass is 32.2. The van der Waals surface area contributed by atoms with Gasteiger partial charge in [0.05, 0.1) is 18.8 Å². The molecule has 0 bridgehead atoms. The Kier molecular flexibility index (Phi) is 4.29. The van der Waals surface area contributed by atoms with Crippen molar-refractivity contribution >= 4 is 22.0 Å². The van der Waals surface area contributed by atoms with Crippen LogP contribution >= 0.6 is 0 Å². The SMILES string of the molecule is NCc1ccc(N2CCN(S(=O)(=O)C(F)(F)F)C=N2)c(F)c1. The molecule has 1 heterocycles. The highest BCUT2D eigenvalue weighted by molar-refractivity contribution is 7.90. The van der Waals surface area contributed by atoms with Crippen LogP contribution < -0.4 is 10.7 Å². The lowest BCUT2D eigenvalue weighted by Gasteiger charge is -2.29. The summed E-state index contributed by atoms with van der Waals surface area (Å²) in [4.78, 5) is 0. The van der Waals surface area contributed by atoms with Gasteiger partial charge in [-0.25, -0.2) is 8.70 Å². The Morgan fingerprint density at radius 1 is 1.27 bits per heavy atom. The third-order valence-corrected chi connectivity index (χ3v) is 4.46. The smallest absolute Gasteiger partial charge is 0.326 e. The average Bonchev–Trinajstić information content (AvgIpc) is 2.46. The highest BCUT2D eigenvalue weighted by Crippen LogP contribution is 2.28. The summed E-state index contributed by atoms with van der Waals surface area (Å²) in [6, 6.07) is 4.11. The van der Waals surface area contributed by atoms with Crippen LogP contribution in [0, 0.1) is 5.82 Å². The van der Waals surface area contributed by atoms with E-state index >= 15 is 0 Å². The zero-order valence-electron chi connectivity index (χ0n) is 11.1. The minimum atomic E-state index is -5.48. The Morgan fingerprint density at radius 3 is 2.41 bits per heavy atom. The Bertz CT molecular complexity index is 690. The lowest BCUT2D eigenvalue weighted by molar-refractivity contribution is -0.0471. The molecular formula is C11H12F4N4O2S. The average molecular weight is 340 g/mol. The monoisotopic (exact) mass is 340 g/mol. The van der Waals surface area contributed by atoms with Crippen molar-refractivity contribution in [3.05, 3.63) is 29.6 Å². The van der Waals surface area contributed by atoms with Gasteiger partial charge in [-0.15, -0.1) is 0 Å². The summed E-state index contributed by atoms with van der Waals surface area (Å²) in [5, 5.41) is 4.64. The normalized spacial score (nSPS) is 16.2. The van der Waals surface area contributed by atoms with Gasteiger partial charge in [0.25, 0.3) is 0 Å². The van der Waals surface area contributed by atoms with Gasteiger partial charge in [-0.05, 0) is 17.7 Å². The van der Waals surface area contributed by atoms with E-state index in [1.54, 1.807) is 6.07 Å². The van der Waals surface area contributed by atoms with Gasteiger partial charge in [0.1, 0.15) is 12.2 Å². The molecular weight excluding hydrogens is 328 g/mol. The number of hydrogen-bond donors (Lipinski definition) is 1. The number of anilines is 1. The molecule has 0 fully saturated rings. The molecule has 0 aromatic heterocycles. The molecule has 0 atom stereocenters. The topological polar surface area (TPSA) is 79.0 Å². The predicted octanol–water partition coefficient (Wildman–Crippen LogP) is 1.20. The molecule has 2 N–H and O–H groups in total. The van der Waals surface area contributed by atoms with Crippen LogP contribution in [0.4, 0.5) is 23.2 Å². The summed E-state index contributed by atoms with van der Waals surface area (Å²) in [7, 11) is -5.48. The first-order valence-electron chi connectivity index (χ1n) is 6.05. The fraction of sp³-hybridized carbons (Fsp3) is 0.364. The van der Waals surface area contributed by atoms with Gasteiger partial charge in [0.2, 0.25) is 0 Å². The molecule has 1 aromatic rings. The maximum atomic E-state index is 13.9. The Hall–Kier alpha value is -1.88. The molecule has 11 heteroatoms. The van der Waals surface area contributed by atoms with Crippen LogP contribution in [0.1, 0.15) is 5.56 Å². The van der Waals surface area contributed by atoms with Gasteiger partial charge < -0.3 is 5.73 Å². The molecule has 0 spiro atoms. The van der Waals surface area contributed by atoms with Crippen LogP contribution in [0.15, 0.2) is 23.3 Å². The van der Waals surface area contributed by atoms with E-state index in [1.165, 1.54) is 12.1 Å². The maximum absolute atomic E-state index is 13.9. The van der Waals surface area contributed by atoms with Gasteiger partial charge >= 0.3 is 15.5 Å². The zero-order valence-corrected chi connectivity index (χ0v) is 11.9. The van der Waals surface area contributed by atoms with Crippen molar-refractivity contribution in [1.82, 2.24) is 4.31 Å². The Labute approximate surface area is 123 Å². The van der Waals surface area contributed by atoms with E-state index < -0.39 is 27.9 Å². The molecule has 0 aliphatic carbocycles. The van der Waals surface area contributed by atoms with E-state index in [4.69, 9.17) is 5.73 Å². The van der Waals surface area contributed by atoms with Crippen LogP contribution in [0.5, 0.6) is 0 Å². The van der Waals surface area contributed by atoms with Crippen molar-refractivity contribution in [3.8, 4) is 0 Å². The molecule has 0 amide bonds. The van der Waals surface area contributed by atoms with Crippen LogP contribution in [-0.2, 0) is 16.6 Å². The second kappa shape index (κ2) is 5.72. The molecule has 22 heavy (non-hydrogen) atoms. The number of rotatable bonds is 3. The summed E-state index contributed by atoms with van der Waals surface area (Å²) in [5.74, 6) is -0.646. The first-order valence-corrected chi connectivity index (χ1v) is 7.49. The molecule has 0 radical (unpaired) electrons. The summed E-state index contributed by atoms with van der Waals surface area (Å²) >= 11 is 0. The number of halogens is 4. The Balaban J connectivity index is 2.22. The molecule has 0 unspecified atom stereocenters. The quantitative estimate of drug-likeness (QED) is 0.839. The van der Waals surface area contributed by atoms with Gasteiger partial charge in [-0.2, -0.15) is 26.7 Å². The minimum Gasteiger partial charge on any atom is -0.326 e. The van der Waals surface area contributed by atoms with E-state index in [1.807, 2.05) is 0 Å². The third-order valence-electron chi connectivity index (χ3n) is 2.98. The summed E-state index contributed by atoms with van der Waals surface area (Å²) < 4.78 is 73.6. The fourth-order valence-electron chi connectivity index (χ4n) is 1.81. The van der Waals surface area contributed by atoms with Crippen LogP contribution in [0.25, 0.3) is 0 Å². The van der Waals surface area contributed by atoms with Crippen molar-refractivity contribution in [2.45, 2.75) is 12.1 Å². The maximum Gasteiger partial charge on any atom is 0.516 e. The van der Waals surface area contributed by atoms with E-state index in [-0.39, 0.29) is 23.1 Å². The van der Waals surface area contributed by atoms with E-state index in [2.05, 4.69) is 5.10 Å². The van der Waals surface area contributed by atoms with Gasteiger partial charge in [-0.3, -0.25) is 5.01 Å². The fourth-order valence-corrected chi connectivity index (χ4v) is 2.57. The molecule has 0 saturated carbocycles. The summed E-state index contributed by atoms with van der Waals surface area (Å²) in [6.45, 7) is -0.577. The number of hydrogen-bond acceptors (Lipinski definition) is 5. The van der Waals surface area contributed by atoms with Crippen LogP contribution in [0.2, 0.25) is 0 Å². The number of hydrazone groups is 1. The molecule has 1 aromatic carbocycles. The second-order valence-electron chi connectivity index (χ2n) is 4.41. The van der Waals surface area contributed by atoms with Crippen molar-refractivity contribution in [1.29, 1.82) is 0 Å². The van der Waals surface area contributed by atoms with Crippen molar-refractivity contribution in [3.63, 3.8) is 0 Å². The molecule has 1 aliphatic rings.